The predicted octanol–water partition coefficient (Wildman–Crippen LogP) is 1.68. The number of amides is 3. The SMILES string of the molecule is Cc1cc(NC(=O)c2c3c(cn2C)S(=O)(=O)N[C@@H]2CN(C(=O)C(=O)NC(C)C(F)(F)F)CC[C@H]2CO3)ccc1F. The third-order valence-corrected chi connectivity index (χ3v) is 8.33. The zero-order valence-electron chi connectivity index (χ0n) is 21.6. The van der Waals surface area contributed by atoms with Gasteiger partial charge in [-0.2, -0.15) is 13.2 Å². The summed E-state index contributed by atoms with van der Waals surface area (Å²) < 4.78 is 88.2. The fraction of sp³-hybridized carbons (Fsp3) is 0.458. The van der Waals surface area contributed by atoms with Gasteiger partial charge in [-0.15, -0.1) is 0 Å². The highest BCUT2D eigenvalue weighted by molar-refractivity contribution is 7.89. The van der Waals surface area contributed by atoms with Crippen molar-refractivity contribution in [1.82, 2.24) is 19.5 Å². The Labute approximate surface area is 226 Å². The Hall–Kier alpha value is -3.66. The number of benzene rings is 1. The van der Waals surface area contributed by atoms with E-state index in [-0.39, 0.29) is 48.1 Å². The van der Waals surface area contributed by atoms with Crippen LogP contribution in [-0.4, -0.2) is 73.6 Å². The minimum absolute atomic E-state index is 0.0299. The first kappa shape index (κ1) is 29.3. The molecule has 0 radical (unpaired) electrons. The molecule has 0 aliphatic carbocycles. The van der Waals surface area contributed by atoms with Gasteiger partial charge >= 0.3 is 18.0 Å². The molecule has 4 rings (SSSR count). The Morgan fingerprint density at radius 2 is 1.93 bits per heavy atom. The second kappa shape index (κ2) is 10.7. The maximum Gasteiger partial charge on any atom is 0.408 e. The number of halogens is 4. The number of carbonyl (C=O) groups excluding carboxylic acids is 3. The number of likely N-dealkylation sites (tertiary alicyclic amines) is 1. The minimum Gasteiger partial charge on any atom is -0.489 e. The molecule has 1 aromatic heterocycles. The Kier molecular flexibility index (Phi) is 7.86. The number of nitrogens with zero attached hydrogens (tertiary/aromatic N) is 2. The second-order valence-electron chi connectivity index (χ2n) is 9.78. The van der Waals surface area contributed by atoms with Crippen molar-refractivity contribution < 1.29 is 45.1 Å². The molecular formula is C24H27F4N5O6S. The lowest BCUT2D eigenvalue weighted by Crippen LogP contribution is -2.58. The van der Waals surface area contributed by atoms with Crippen molar-refractivity contribution >= 4 is 33.4 Å². The summed E-state index contributed by atoms with van der Waals surface area (Å²) in [6.45, 7) is 1.86. The molecular weight excluding hydrogens is 562 g/mol. The van der Waals surface area contributed by atoms with E-state index in [1.54, 1.807) is 5.32 Å². The molecule has 2 aliphatic heterocycles. The van der Waals surface area contributed by atoms with Gasteiger partial charge in [0.15, 0.2) is 11.4 Å². The Balaban J connectivity index is 1.53. The van der Waals surface area contributed by atoms with E-state index in [9.17, 15) is 40.4 Å². The van der Waals surface area contributed by atoms with Crippen molar-refractivity contribution in [3.8, 4) is 5.75 Å². The van der Waals surface area contributed by atoms with E-state index in [1.165, 1.54) is 42.9 Å². The third kappa shape index (κ3) is 5.91. The summed E-state index contributed by atoms with van der Waals surface area (Å²) in [7, 11) is -2.87. The van der Waals surface area contributed by atoms with Crippen LogP contribution in [0.4, 0.5) is 23.2 Å². The molecule has 0 spiro atoms. The van der Waals surface area contributed by atoms with Crippen molar-refractivity contribution in [1.29, 1.82) is 0 Å². The maximum absolute atomic E-state index is 13.6. The van der Waals surface area contributed by atoms with Gasteiger partial charge in [-0.05, 0) is 44.0 Å². The Bertz CT molecular complexity index is 1460. The van der Waals surface area contributed by atoms with Crippen molar-refractivity contribution in [2.75, 3.05) is 25.0 Å². The lowest BCUT2D eigenvalue weighted by atomic mass is 9.93. The summed E-state index contributed by atoms with van der Waals surface area (Å²) in [5, 5.41) is 4.21. The number of aryl methyl sites for hydroxylation is 2. The first-order chi connectivity index (χ1) is 18.6. The lowest BCUT2D eigenvalue weighted by Gasteiger charge is -2.39. The van der Waals surface area contributed by atoms with Gasteiger partial charge in [0, 0.05) is 44.0 Å². The summed E-state index contributed by atoms with van der Waals surface area (Å²) in [5.74, 6) is -4.50. The van der Waals surface area contributed by atoms with Crippen LogP contribution in [-0.2, 0) is 26.7 Å². The average Bonchev–Trinajstić information content (AvgIpc) is 3.20. The van der Waals surface area contributed by atoms with Crippen molar-refractivity contribution in [3.05, 3.63) is 41.5 Å². The van der Waals surface area contributed by atoms with Gasteiger partial charge in [0.25, 0.3) is 5.91 Å². The van der Waals surface area contributed by atoms with Crippen LogP contribution in [0.5, 0.6) is 5.75 Å². The number of nitrogens with one attached hydrogen (secondary N) is 3. The predicted molar refractivity (Wildman–Crippen MR) is 132 cm³/mol. The topological polar surface area (TPSA) is 139 Å². The smallest absolute Gasteiger partial charge is 0.408 e. The fourth-order valence-electron chi connectivity index (χ4n) is 4.54. The van der Waals surface area contributed by atoms with Crippen LogP contribution in [0.1, 0.15) is 29.4 Å². The van der Waals surface area contributed by atoms with E-state index in [1.807, 2.05) is 0 Å². The standard InChI is InChI=1S/C24H27F4N5O6S/c1-12-8-15(4-5-16(12)25)30-21(34)19-20-18(10-32(19)3)40(37,38)31-17-9-33(7-6-14(17)11-39-20)23(36)22(35)29-13(2)24(26,27)28/h4-5,8,10,13-14,17,31H,6-7,9,11H2,1-3H3,(H,29,35)(H,30,34)/t13?,14-,17+/m0/s1. The number of ether oxygens (including phenoxy) is 1. The molecule has 11 nitrogen and oxygen atoms in total. The van der Waals surface area contributed by atoms with Gasteiger partial charge in [-0.1, -0.05) is 0 Å². The maximum atomic E-state index is 13.6. The molecule has 16 heteroatoms. The molecule has 1 unspecified atom stereocenters. The van der Waals surface area contributed by atoms with Gasteiger partial charge in [0.1, 0.15) is 16.8 Å². The molecule has 1 aromatic carbocycles. The summed E-state index contributed by atoms with van der Waals surface area (Å²) >= 11 is 0. The molecule has 2 aromatic rings. The number of sulfonamides is 1. The molecule has 3 heterocycles. The van der Waals surface area contributed by atoms with Crippen LogP contribution in [0.15, 0.2) is 29.3 Å². The van der Waals surface area contributed by atoms with Gasteiger partial charge in [-0.25, -0.2) is 17.5 Å². The second-order valence-corrected chi connectivity index (χ2v) is 11.5. The molecule has 3 atom stereocenters. The summed E-state index contributed by atoms with van der Waals surface area (Å²) in [5.41, 5.74) is 0.492. The highest BCUT2D eigenvalue weighted by Gasteiger charge is 2.42. The van der Waals surface area contributed by atoms with Gasteiger partial charge in [-0.3, -0.25) is 14.4 Å². The van der Waals surface area contributed by atoms with Crippen LogP contribution in [0.25, 0.3) is 0 Å². The number of alkyl halides is 3. The molecule has 3 N–H and O–H groups in total. The molecule has 218 valence electrons. The van der Waals surface area contributed by atoms with Crippen molar-refractivity contribution in [3.63, 3.8) is 0 Å². The number of carbonyl (C=O) groups is 3. The number of fused-ring (bicyclic) bond motifs is 2. The van der Waals surface area contributed by atoms with Crippen LogP contribution < -0.4 is 20.1 Å². The molecule has 1 fully saturated rings. The number of anilines is 1. The third-order valence-electron chi connectivity index (χ3n) is 6.85. The van der Waals surface area contributed by atoms with E-state index in [4.69, 9.17) is 4.74 Å². The number of aromatic nitrogens is 1. The van der Waals surface area contributed by atoms with E-state index in [0.29, 0.717) is 12.5 Å². The number of piperidine rings is 1. The van der Waals surface area contributed by atoms with Crippen LogP contribution in [0, 0.1) is 18.7 Å². The fourth-order valence-corrected chi connectivity index (χ4v) is 6.03. The highest BCUT2D eigenvalue weighted by atomic mass is 32.2. The Morgan fingerprint density at radius 3 is 2.58 bits per heavy atom. The molecule has 0 bridgehead atoms. The van der Waals surface area contributed by atoms with Crippen LogP contribution in [0.2, 0.25) is 0 Å². The summed E-state index contributed by atoms with van der Waals surface area (Å²) in [6, 6.07) is 0.801. The van der Waals surface area contributed by atoms with E-state index in [2.05, 4.69) is 10.0 Å². The first-order valence-electron chi connectivity index (χ1n) is 12.2. The number of hydrogen-bond acceptors (Lipinski definition) is 6. The van der Waals surface area contributed by atoms with Gasteiger partial charge < -0.3 is 24.8 Å². The van der Waals surface area contributed by atoms with E-state index in [0.717, 1.165) is 4.90 Å². The number of hydrogen-bond donors (Lipinski definition) is 3. The van der Waals surface area contributed by atoms with Gasteiger partial charge in [0.2, 0.25) is 10.0 Å². The summed E-state index contributed by atoms with van der Waals surface area (Å²) in [4.78, 5) is 38.4. The lowest BCUT2D eigenvalue weighted by molar-refractivity contribution is -0.162. The summed E-state index contributed by atoms with van der Waals surface area (Å²) in [6.07, 6.45) is -3.39. The zero-order chi connectivity index (χ0) is 29.6. The van der Waals surface area contributed by atoms with Crippen molar-refractivity contribution in [2.45, 2.75) is 43.4 Å². The van der Waals surface area contributed by atoms with E-state index < -0.39 is 57.7 Å². The average molecular weight is 590 g/mol. The Morgan fingerprint density at radius 1 is 1.23 bits per heavy atom. The zero-order valence-corrected chi connectivity index (χ0v) is 22.5. The molecule has 40 heavy (non-hydrogen) atoms. The molecule has 0 saturated carbocycles. The normalized spacial score (nSPS) is 21.1. The molecule has 1 saturated heterocycles. The monoisotopic (exact) mass is 589 g/mol. The van der Waals surface area contributed by atoms with Crippen molar-refractivity contribution in [2.24, 2.45) is 13.0 Å². The first-order valence-corrected chi connectivity index (χ1v) is 13.6. The van der Waals surface area contributed by atoms with E-state index >= 15 is 0 Å². The van der Waals surface area contributed by atoms with Gasteiger partial charge in [0.05, 0.1) is 6.61 Å². The van der Waals surface area contributed by atoms with Crippen LogP contribution in [0.3, 0.4) is 0 Å². The highest BCUT2D eigenvalue weighted by Crippen LogP contribution is 2.35. The largest absolute Gasteiger partial charge is 0.489 e. The number of rotatable bonds is 3. The minimum atomic E-state index is -4.74. The van der Waals surface area contributed by atoms with Crippen LogP contribution >= 0.6 is 0 Å². The molecule has 2 aliphatic rings. The molecule has 3 amide bonds. The quantitative estimate of drug-likeness (QED) is 0.368.